The number of rotatable bonds is 5. The molecule has 0 radical (unpaired) electrons. The number of nitrogens with one attached hydrogen (secondary N) is 1. The normalized spacial score (nSPS) is 18.1. The summed E-state index contributed by atoms with van der Waals surface area (Å²) in [5.74, 6) is 3.53. The van der Waals surface area contributed by atoms with Crippen molar-refractivity contribution in [3.05, 3.63) is 40.5 Å². The van der Waals surface area contributed by atoms with Crippen LogP contribution in [0.25, 0.3) is 10.2 Å². The van der Waals surface area contributed by atoms with Crippen molar-refractivity contribution in [2.75, 3.05) is 43.5 Å². The van der Waals surface area contributed by atoms with Gasteiger partial charge in [-0.3, -0.25) is 0 Å². The third-order valence-electron chi connectivity index (χ3n) is 6.86. The third kappa shape index (κ3) is 4.56. The molecule has 1 atom stereocenters. The van der Waals surface area contributed by atoms with Crippen molar-refractivity contribution in [2.45, 2.75) is 46.0 Å². The number of ether oxygens (including phenoxy) is 1. The van der Waals surface area contributed by atoms with E-state index in [1.54, 1.807) is 7.11 Å². The van der Waals surface area contributed by atoms with Gasteiger partial charge in [0.2, 0.25) is 0 Å². The second kappa shape index (κ2) is 9.78. The van der Waals surface area contributed by atoms with Crippen molar-refractivity contribution in [1.29, 1.82) is 0 Å². The number of anilines is 2. The van der Waals surface area contributed by atoms with Crippen LogP contribution in [0.2, 0.25) is 0 Å². The predicted octanol–water partition coefficient (Wildman–Crippen LogP) is 5.13. The van der Waals surface area contributed by atoms with E-state index in [0.717, 1.165) is 72.6 Å². The van der Waals surface area contributed by atoms with Gasteiger partial charge in [0.25, 0.3) is 0 Å². The SMILES string of the molecule is CCCc1nc(N2CCN(C(=O)Nc3ccc(OC)cc3)CC2)c2c3c(sc2n1)C[C@@H](C)CC3. The summed E-state index contributed by atoms with van der Waals surface area (Å²) in [6.45, 7) is 7.40. The number of carbonyl (C=O) groups is 1. The predicted molar refractivity (Wildman–Crippen MR) is 138 cm³/mol. The number of fused-ring (bicyclic) bond motifs is 3. The number of aryl methyl sites for hydroxylation is 2. The average molecular weight is 480 g/mol. The summed E-state index contributed by atoms with van der Waals surface area (Å²) < 4.78 is 5.19. The summed E-state index contributed by atoms with van der Waals surface area (Å²) in [4.78, 5) is 29.7. The Hall–Kier alpha value is -2.87. The van der Waals surface area contributed by atoms with Gasteiger partial charge in [0, 0.05) is 43.2 Å². The number of benzene rings is 1. The van der Waals surface area contributed by atoms with Crippen LogP contribution in [0, 0.1) is 5.92 Å². The van der Waals surface area contributed by atoms with E-state index in [2.05, 4.69) is 24.1 Å². The molecular formula is C26H33N5O2S. The van der Waals surface area contributed by atoms with Crippen LogP contribution in [0.5, 0.6) is 5.75 Å². The van der Waals surface area contributed by atoms with Gasteiger partial charge in [-0.15, -0.1) is 11.3 Å². The highest BCUT2D eigenvalue weighted by Gasteiger charge is 2.28. The van der Waals surface area contributed by atoms with Gasteiger partial charge < -0.3 is 19.9 Å². The van der Waals surface area contributed by atoms with Gasteiger partial charge in [-0.1, -0.05) is 13.8 Å². The van der Waals surface area contributed by atoms with E-state index in [0.29, 0.717) is 13.1 Å². The molecule has 1 aromatic carbocycles. The van der Waals surface area contributed by atoms with Crippen molar-refractivity contribution in [1.82, 2.24) is 14.9 Å². The van der Waals surface area contributed by atoms with Crippen LogP contribution in [0.1, 0.15) is 43.0 Å². The third-order valence-corrected chi connectivity index (χ3v) is 8.01. The average Bonchev–Trinajstić information content (AvgIpc) is 3.21. The lowest BCUT2D eigenvalue weighted by Crippen LogP contribution is -2.50. The molecule has 1 N–H and O–H groups in total. The molecule has 1 aliphatic heterocycles. The number of aromatic nitrogens is 2. The Balaban J connectivity index is 1.34. The van der Waals surface area contributed by atoms with Gasteiger partial charge in [0.05, 0.1) is 12.5 Å². The number of piperazine rings is 1. The van der Waals surface area contributed by atoms with E-state index in [9.17, 15) is 4.79 Å². The van der Waals surface area contributed by atoms with Crippen LogP contribution in [-0.4, -0.2) is 54.2 Å². The van der Waals surface area contributed by atoms with Crippen molar-refractivity contribution in [2.24, 2.45) is 5.92 Å². The molecule has 2 amide bonds. The summed E-state index contributed by atoms with van der Waals surface area (Å²) in [5, 5.41) is 4.27. The Morgan fingerprint density at radius 1 is 1.18 bits per heavy atom. The summed E-state index contributed by atoms with van der Waals surface area (Å²) >= 11 is 1.87. The number of thiophene rings is 1. The molecule has 0 unspecified atom stereocenters. The zero-order valence-electron chi connectivity index (χ0n) is 20.3. The van der Waals surface area contributed by atoms with Gasteiger partial charge in [-0.2, -0.15) is 0 Å². The zero-order chi connectivity index (χ0) is 23.7. The van der Waals surface area contributed by atoms with E-state index < -0.39 is 0 Å². The maximum Gasteiger partial charge on any atom is 0.321 e. The molecular weight excluding hydrogens is 446 g/mol. The Morgan fingerprint density at radius 2 is 1.94 bits per heavy atom. The number of methoxy groups -OCH3 is 1. The quantitative estimate of drug-likeness (QED) is 0.549. The Kier molecular flexibility index (Phi) is 6.59. The highest BCUT2D eigenvalue weighted by Crippen LogP contribution is 2.41. The van der Waals surface area contributed by atoms with Crippen LogP contribution in [0.3, 0.4) is 0 Å². The number of nitrogens with zero attached hydrogens (tertiary/aromatic N) is 4. The first-order chi connectivity index (χ1) is 16.6. The lowest BCUT2D eigenvalue weighted by molar-refractivity contribution is 0.208. The second-order valence-corrected chi connectivity index (χ2v) is 10.5. The fourth-order valence-electron chi connectivity index (χ4n) is 4.93. The van der Waals surface area contributed by atoms with E-state index in [1.807, 2.05) is 40.5 Å². The molecule has 7 nitrogen and oxygen atoms in total. The molecule has 0 bridgehead atoms. The fraction of sp³-hybridized carbons (Fsp3) is 0.500. The number of amides is 2. The first-order valence-electron chi connectivity index (χ1n) is 12.3. The van der Waals surface area contributed by atoms with Crippen molar-refractivity contribution in [3.63, 3.8) is 0 Å². The Morgan fingerprint density at radius 3 is 2.65 bits per heavy atom. The molecule has 3 heterocycles. The van der Waals surface area contributed by atoms with Crippen LogP contribution in [-0.2, 0) is 19.3 Å². The van der Waals surface area contributed by atoms with Gasteiger partial charge in [0.15, 0.2) is 0 Å². The first-order valence-corrected chi connectivity index (χ1v) is 13.1. The maximum absolute atomic E-state index is 12.8. The van der Waals surface area contributed by atoms with Gasteiger partial charge in [-0.05, 0) is 61.4 Å². The van der Waals surface area contributed by atoms with Gasteiger partial charge in [0.1, 0.15) is 22.2 Å². The summed E-state index contributed by atoms with van der Waals surface area (Å²) in [7, 11) is 1.64. The molecule has 1 fully saturated rings. The topological polar surface area (TPSA) is 70.6 Å². The smallest absolute Gasteiger partial charge is 0.321 e. The summed E-state index contributed by atoms with van der Waals surface area (Å²) in [6.07, 6.45) is 5.43. The lowest BCUT2D eigenvalue weighted by Gasteiger charge is -2.36. The number of carbonyl (C=O) groups excluding carboxylic acids is 1. The minimum absolute atomic E-state index is 0.0637. The number of hydrogen-bond acceptors (Lipinski definition) is 6. The van der Waals surface area contributed by atoms with E-state index in [4.69, 9.17) is 14.7 Å². The minimum atomic E-state index is -0.0637. The van der Waals surface area contributed by atoms with Crippen molar-refractivity contribution >= 4 is 39.1 Å². The zero-order valence-corrected chi connectivity index (χ0v) is 21.1. The maximum atomic E-state index is 12.8. The molecule has 0 saturated carbocycles. The standard InChI is InChI=1S/C26H33N5O2S/c1-4-5-22-28-24(23-20-11-6-17(2)16-21(20)34-25(23)29-22)30-12-14-31(15-13-30)26(32)27-18-7-9-19(33-3)10-8-18/h7-10,17H,4-6,11-16H2,1-3H3,(H,27,32)/t17-/m0/s1. The van der Waals surface area contributed by atoms with Gasteiger partial charge in [-0.25, -0.2) is 14.8 Å². The molecule has 180 valence electrons. The van der Waals surface area contributed by atoms with Crippen molar-refractivity contribution in [3.8, 4) is 5.75 Å². The van der Waals surface area contributed by atoms with Crippen LogP contribution < -0.4 is 15.0 Å². The second-order valence-electron chi connectivity index (χ2n) is 9.38. The fourth-order valence-corrected chi connectivity index (χ4v) is 6.32. The Labute approximate surface area is 205 Å². The molecule has 34 heavy (non-hydrogen) atoms. The van der Waals surface area contributed by atoms with E-state index >= 15 is 0 Å². The first kappa shape index (κ1) is 22.9. The molecule has 0 spiro atoms. The summed E-state index contributed by atoms with van der Waals surface area (Å²) in [5.41, 5.74) is 2.24. The molecule has 2 aromatic heterocycles. The number of urea groups is 1. The Bertz CT molecular complexity index is 1170. The largest absolute Gasteiger partial charge is 0.497 e. The molecule has 8 heteroatoms. The monoisotopic (exact) mass is 479 g/mol. The highest BCUT2D eigenvalue weighted by atomic mass is 32.1. The molecule has 1 saturated heterocycles. The van der Waals surface area contributed by atoms with Crippen LogP contribution in [0.15, 0.2) is 24.3 Å². The summed E-state index contributed by atoms with van der Waals surface area (Å²) in [6, 6.07) is 7.36. The highest BCUT2D eigenvalue weighted by molar-refractivity contribution is 7.19. The van der Waals surface area contributed by atoms with Crippen molar-refractivity contribution < 1.29 is 9.53 Å². The lowest BCUT2D eigenvalue weighted by atomic mass is 9.89. The molecule has 3 aromatic rings. The number of hydrogen-bond donors (Lipinski definition) is 1. The molecule has 1 aliphatic carbocycles. The van der Waals surface area contributed by atoms with E-state index in [1.165, 1.54) is 22.2 Å². The molecule has 5 rings (SSSR count). The molecule has 2 aliphatic rings. The van der Waals surface area contributed by atoms with Gasteiger partial charge >= 0.3 is 6.03 Å². The van der Waals surface area contributed by atoms with Crippen LogP contribution >= 0.6 is 11.3 Å². The minimum Gasteiger partial charge on any atom is -0.497 e. The van der Waals surface area contributed by atoms with E-state index in [-0.39, 0.29) is 6.03 Å². The van der Waals surface area contributed by atoms with Crippen LogP contribution in [0.4, 0.5) is 16.3 Å².